The van der Waals surface area contributed by atoms with Gasteiger partial charge >= 0.3 is 0 Å². The predicted molar refractivity (Wildman–Crippen MR) is 101 cm³/mol. The zero-order chi connectivity index (χ0) is 16.5. The molecule has 0 saturated heterocycles. The Morgan fingerprint density at radius 3 is 2.83 bits per heavy atom. The molecule has 2 aliphatic rings. The first-order valence-electron chi connectivity index (χ1n) is 8.68. The number of pyridine rings is 1. The molecular formula is C20H21N3S. The summed E-state index contributed by atoms with van der Waals surface area (Å²) in [4.78, 5) is 4.59. The van der Waals surface area contributed by atoms with E-state index >= 15 is 0 Å². The molecule has 122 valence electrons. The molecular weight excluding hydrogens is 314 g/mol. The predicted octanol–water partition coefficient (Wildman–Crippen LogP) is 5.57. The van der Waals surface area contributed by atoms with Crippen LogP contribution in [0.15, 0.2) is 48.7 Å². The largest absolute Gasteiger partial charge is 0.254 e. The van der Waals surface area contributed by atoms with Gasteiger partial charge in [0, 0.05) is 17.2 Å². The minimum Gasteiger partial charge on any atom is -0.254 e. The molecule has 4 rings (SSSR count). The van der Waals surface area contributed by atoms with Crippen LogP contribution in [0.1, 0.15) is 50.3 Å². The average Bonchev–Trinajstić information content (AvgIpc) is 2.64. The molecule has 2 aromatic rings. The summed E-state index contributed by atoms with van der Waals surface area (Å²) in [5, 5.41) is 6.00. The Morgan fingerprint density at radius 2 is 2.04 bits per heavy atom. The smallest absolute Gasteiger partial charge is 0.132 e. The van der Waals surface area contributed by atoms with Gasteiger partial charge in [0.1, 0.15) is 15.9 Å². The zero-order valence-electron chi connectivity index (χ0n) is 13.7. The number of hydrogen-bond acceptors (Lipinski definition) is 3. The summed E-state index contributed by atoms with van der Waals surface area (Å²) in [6.07, 6.45) is 15.1. The van der Waals surface area contributed by atoms with Crippen LogP contribution in [-0.2, 0) is 0 Å². The lowest BCUT2D eigenvalue weighted by Gasteiger charge is -2.25. The highest BCUT2D eigenvalue weighted by molar-refractivity contribution is 7.71. The number of rotatable bonds is 2. The lowest BCUT2D eigenvalue weighted by Crippen LogP contribution is -2.19. The van der Waals surface area contributed by atoms with Crippen LogP contribution in [0.5, 0.6) is 0 Å². The molecule has 0 spiro atoms. The molecule has 1 fully saturated rings. The number of hydrogen-bond donors (Lipinski definition) is 0. The maximum atomic E-state index is 5.77. The van der Waals surface area contributed by atoms with E-state index < -0.39 is 0 Å². The van der Waals surface area contributed by atoms with E-state index in [1.807, 2.05) is 12.3 Å². The summed E-state index contributed by atoms with van der Waals surface area (Å²) in [5.74, 6) is 0. The molecule has 0 aliphatic heterocycles. The van der Waals surface area contributed by atoms with Crippen molar-refractivity contribution in [2.24, 2.45) is 0 Å². The summed E-state index contributed by atoms with van der Waals surface area (Å²) in [5.41, 5.74) is 3.97. The first kappa shape index (κ1) is 15.5. The number of aromatic nitrogens is 3. The van der Waals surface area contributed by atoms with Gasteiger partial charge in [-0.3, -0.25) is 9.67 Å². The van der Waals surface area contributed by atoms with E-state index in [9.17, 15) is 0 Å². The van der Waals surface area contributed by atoms with Gasteiger partial charge in [-0.25, -0.2) is 0 Å². The quantitative estimate of drug-likeness (QED) is 0.673. The highest BCUT2D eigenvalue weighted by Crippen LogP contribution is 2.33. The maximum Gasteiger partial charge on any atom is 0.132 e. The molecule has 0 bridgehead atoms. The summed E-state index contributed by atoms with van der Waals surface area (Å²) in [6, 6.07) is 4.43. The lowest BCUT2D eigenvalue weighted by molar-refractivity contribution is 0.323. The lowest BCUT2D eigenvalue weighted by atomic mass is 9.94. The Morgan fingerprint density at radius 1 is 1.21 bits per heavy atom. The third-order valence-electron chi connectivity index (χ3n) is 5.00. The third kappa shape index (κ3) is 2.65. The van der Waals surface area contributed by atoms with Crippen LogP contribution < -0.4 is 0 Å². The van der Waals surface area contributed by atoms with Crippen LogP contribution in [0.4, 0.5) is 0 Å². The van der Waals surface area contributed by atoms with Crippen molar-refractivity contribution < 1.29 is 0 Å². The fraction of sp³-hybridized carbons (Fsp3) is 0.350. The molecule has 3 nitrogen and oxygen atoms in total. The van der Waals surface area contributed by atoms with E-state index in [2.05, 4.69) is 40.5 Å². The van der Waals surface area contributed by atoms with E-state index in [4.69, 9.17) is 17.3 Å². The highest BCUT2D eigenvalue weighted by atomic mass is 32.1. The first-order valence-corrected chi connectivity index (χ1v) is 9.09. The van der Waals surface area contributed by atoms with E-state index in [0.717, 1.165) is 51.6 Å². The fourth-order valence-corrected chi connectivity index (χ4v) is 4.05. The Balaban J connectivity index is 1.96. The van der Waals surface area contributed by atoms with Gasteiger partial charge < -0.3 is 0 Å². The summed E-state index contributed by atoms with van der Waals surface area (Å²) >= 11 is 5.77. The topological polar surface area (TPSA) is 30.7 Å². The van der Waals surface area contributed by atoms with Gasteiger partial charge in [-0.05, 0) is 37.0 Å². The number of allylic oxidation sites excluding steroid dienone is 5. The van der Waals surface area contributed by atoms with E-state index in [1.54, 1.807) is 0 Å². The van der Waals surface area contributed by atoms with Crippen molar-refractivity contribution in [3.63, 3.8) is 0 Å². The molecule has 0 aromatic carbocycles. The Kier molecular flexibility index (Phi) is 4.15. The summed E-state index contributed by atoms with van der Waals surface area (Å²) < 4.78 is 2.90. The van der Waals surface area contributed by atoms with Crippen molar-refractivity contribution in [3.05, 3.63) is 59.0 Å². The molecule has 0 atom stereocenters. The van der Waals surface area contributed by atoms with Gasteiger partial charge in [-0.15, -0.1) is 0 Å². The molecule has 0 unspecified atom stereocenters. The van der Waals surface area contributed by atoms with E-state index in [1.165, 1.54) is 19.3 Å². The SMILES string of the molecule is C=C1CC=CC=C1c1nn(C2CCCCC2)c(=S)c2cccnc12. The van der Waals surface area contributed by atoms with Crippen LogP contribution >= 0.6 is 12.2 Å². The molecule has 0 N–H and O–H groups in total. The van der Waals surface area contributed by atoms with E-state index in [0.29, 0.717) is 6.04 Å². The Bertz CT molecular complexity index is 914. The molecule has 1 saturated carbocycles. The molecule has 0 radical (unpaired) electrons. The second-order valence-corrected chi connectivity index (χ2v) is 6.99. The van der Waals surface area contributed by atoms with Gasteiger partial charge in [0.25, 0.3) is 0 Å². The van der Waals surface area contributed by atoms with Crippen molar-refractivity contribution in [2.45, 2.75) is 44.6 Å². The van der Waals surface area contributed by atoms with Crippen molar-refractivity contribution in [1.82, 2.24) is 14.8 Å². The zero-order valence-corrected chi connectivity index (χ0v) is 14.6. The fourth-order valence-electron chi connectivity index (χ4n) is 3.69. The van der Waals surface area contributed by atoms with E-state index in [-0.39, 0.29) is 0 Å². The molecule has 2 aliphatic carbocycles. The normalized spacial score (nSPS) is 18.8. The molecule has 2 heterocycles. The highest BCUT2D eigenvalue weighted by Gasteiger charge is 2.21. The van der Waals surface area contributed by atoms with Crippen molar-refractivity contribution in [2.75, 3.05) is 0 Å². The minimum atomic E-state index is 0.405. The molecule has 24 heavy (non-hydrogen) atoms. The van der Waals surface area contributed by atoms with Crippen LogP contribution in [0.25, 0.3) is 16.5 Å². The van der Waals surface area contributed by atoms with Crippen molar-refractivity contribution in [3.8, 4) is 0 Å². The van der Waals surface area contributed by atoms with Crippen LogP contribution in [0.3, 0.4) is 0 Å². The van der Waals surface area contributed by atoms with Gasteiger partial charge in [-0.2, -0.15) is 5.10 Å². The standard InChI is InChI=1S/C20H21N3S/c1-14-8-5-6-11-16(14)19-18-17(12-7-13-21-18)20(24)23(22-19)15-9-3-2-4-10-15/h5-7,11-13,15H,1-4,8-10H2. The monoisotopic (exact) mass is 335 g/mol. The average molecular weight is 335 g/mol. The van der Waals surface area contributed by atoms with Crippen LogP contribution in [-0.4, -0.2) is 14.8 Å². The van der Waals surface area contributed by atoms with Crippen LogP contribution in [0, 0.1) is 4.64 Å². The maximum absolute atomic E-state index is 5.77. The van der Waals surface area contributed by atoms with Gasteiger partial charge in [0.15, 0.2) is 0 Å². The first-order chi connectivity index (χ1) is 11.8. The Hall–Kier alpha value is -2.07. The number of nitrogens with zero attached hydrogens (tertiary/aromatic N) is 3. The van der Waals surface area contributed by atoms with Gasteiger partial charge in [0.05, 0.1) is 6.04 Å². The van der Waals surface area contributed by atoms with Crippen LogP contribution in [0.2, 0.25) is 0 Å². The molecule has 2 aromatic heterocycles. The molecule has 0 amide bonds. The summed E-state index contributed by atoms with van der Waals surface area (Å²) in [7, 11) is 0. The Labute approximate surface area is 147 Å². The minimum absolute atomic E-state index is 0.405. The second kappa shape index (κ2) is 6.44. The number of fused-ring (bicyclic) bond motifs is 1. The van der Waals surface area contributed by atoms with Gasteiger partial charge in [-0.1, -0.05) is 56.3 Å². The molecule has 4 heteroatoms. The van der Waals surface area contributed by atoms with Crippen molar-refractivity contribution in [1.29, 1.82) is 0 Å². The van der Waals surface area contributed by atoms with Gasteiger partial charge in [0.2, 0.25) is 0 Å². The third-order valence-corrected chi connectivity index (χ3v) is 5.41. The van der Waals surface area contributed by atoms with Crippen molar-refractivity contribution >= 4 is 28.7 Å². The second-order valence-electron chi connectivity index (χ2n) is 6.61. The summed E-state index contributed by atoms with van der Waals surface area (Å²) in [6.45, 7) is 4.22.